The number of β-lactam (4-membered cyclic amide) rings is 1. The lowest BCUT2D eigenvalue weighted by atomic mass is 9.80. The van der Waals surface area contributed by atoms with Gasteiger partial charge >= 0.3 is 10.1 Å². The highest BCUT2D eigenvalue weighted by Crippen LogP contribution is 2.53. The van der Waals surface area contributed by atoms with E-state index in [-0.39, 0.29) is 23.8 Å². The largest absolute Gasteiger partial charge is 0.497 e. The van der Waals surface area contributed by atoms with Gasteiger partial charge in [-0.15, -0.1) is 0 Å². The van der Waals surface area contributed by atoms with Gasteiger partial charge < -0.3 is 13.8 Å². The molecule has 1 aromatic carbocycles. The molecule has 2 fully saturated rings. The van der Waals surface area contributed by atoms with Gasteiger partial charge in [-0.1, -0.05) is 11.6 Å². The number of fused-ring (bicyclic) bond motifs is 3. The molecule has 2 aliphatic carbocycles. The van der Waals surface area contributed by atoms with Crippen LogP contribution in [-0.2, 0) is 19.1 Å². The van der Waals surface area contributed by atoms with Crippen molar-refractivity contribution in [2.24, 2.45) is 11.8 Å². The van der Waals surface area contributed by atoms with Gasteiger partial charge in [0, 0.05) is 18.0 Å². The molecule has 4 rings (SSSR count). The maximum absolute atomic E-state index is 12.7. The number of carbonyl (C=O) groups is 1. The van der Waals surface area contributed by atoms with Crippen molar-refractivity contribution in [3.05, 3.63) is 47.2 Å². The Morgan fingerprint density at radius 3 is 2.50 bits per heavy atom. The number of ether oxygens (including phenoxy) is 1. The average molecular weight is 375 g/mol. The van der Waals surface area contributed by atoms with E-state index in [1.54, 1.807) is 7.11 Å². The first-order valence-corrected chi connectivity index (χ1v) is 10.4. The first kappa shape index (κ1) is 17.1. The van der Waals surface area contributed by atoms with Crippen molar-refractivity contribution in [3.8, 4) is 5.75 Å². The second kappa shape index (κ2) is 5.87. The average Bonchev–Trinajstić information content (AvgIpc) is 2.93. The predicted octanol–water partition coefficient (Wildman–Crippen LogP) is 2.63. The van der Waals surface area contributed by atoms with Crippen LogP contribution in [0.2, 0.25) is 0 Å². The molecule has 0 N–H and O–H groups in total. The highest BCUT2D eigenvalue weighted by atomic mass is 32.2. The molecule has 0 radical (unpaired) electrons. The van der Waals surface area contributed by atoms with Gasteiger partial charge in [0.25, 0.3) is 0 Å². The summed E-state index contributed by atoms with van der Waals surface area (Å²) in [4.78, 5) is 14.5. The minimum Gasteiger partial charge on any atom is -0.497 e. The van der Waals surface area contributed by atoms with Crippen molar-refractivity contribution in [2.45, 2.75) is 25.8 Å². The number of anilines is 1. The van der Waals surface area contributed by atoms with Crippen molar-refractivity contribution in [1.29, 1.82) is 0 Å². The smallest absolute Gasteiger partial charge is 0.305 e. The molecule has 0 aromatic heterocycles. The summed E-state index contributed by atoms with van der Waals surface area (Å²) in [5.41, 5.74) is 2.96. The van der Waals surface area contributed by atoms with Crippen molar-refractivity contribution in [2.75, 3.05) is 18.3 Å². The number of allylic oxidation sites excluding steroid dienone is 1. The van der Waals surface area contributed by atoms with Crippen molar-refractivity contribution in [1.82, 2.24) is 0 Å². The SMILES string of the molecule is COc1ccc(N2C(=O)C3CC4=CCC(OS(C)(=O)=O)=C(C)C4C32)cc1. The number of methoxy groups -OCH3 is 1. The van der Waals surface area contributed by atoms with Crippen LogP contribution >= 0.6 is 0 Å². The van der Waals surface area contributed by atoms with Gasteiger partial charge in [0.1, 0.15) is 11.5 Å². The van der Waals surface area contributed by atoms with Crippen LogP contribution in [-0.4, -0.2) is 33.7 Å². The number of amides is 1. The monoisotopic (exact) mass is 375 g/mol. The lowest BCUT2D eigenvalue weighted by Gasteiger charge is -2.46. The number of rotatable bonds is 4. The summed E-state index contributed by atoms with van der Waals surface area (Å²) in [6.07, 6.45) is 4.28. The molecule has 3 aliphatic rings. The zero-order chi connectivity index (χ0) is 18.6. The highest BCUT2D eigenvalue weighted by Gasteiger charge is 2.58. The van der Waals surface area contributed by atoms with E-state index in [9.17, 15) is 13.2 Å². The minimum absolute atomic E-state index is 0.0144. The Kier molecular flexibility index (Phi) is 3.87. The van der Waals surface area contributed by atoms with Gasteiger partial charge in [-0.2, -0.15) is 8.42 Å². The molecular formula is C19H21NO5S. The fourth-order valence-electron chi connectivity index (χ4n) is 4.39. The van der Waals surface area contributed by atoms with Crippen LogP contribution in [0.4, 0.5) is 5.69 Å². The number of nitrogens with zero attached hydrogens (tertiary/aromatic N) is 1. The standard InChI is InChI=1S/C19H21NO5S/c1-11-16(25-26(3,22)23)9-4-12-10-15-18(17(11)12)20(19(15)21)13-5-7-14(24-2)8-6-13/h4-8,15,17-18H,9-10H2,1-3H3. The Morgan fingerprint density at radius 1 is 1.19 bits per heavy atom. The summed E-state index contributed by atoms with van der Waals surface area (Å²) >= 11 is 0. The lowest BCUT2D eigenvalue weighted by molar-refractivity contribution is -0.129. The highest BCUT2D eigenvalue weighted by molar-refractivity contribution is 7.86. The molecule has 26 heavy (non-hydrogen) atoms. The van der Waals surface area contributed by atoms with Gasteiger partial charge in [-0.05, 0) is 43.2 Å². The normalized spacial score (nSPS) is 27.5. The third kappa shape index (κ3) is 2.61. The van der Waals surface area contributed by atoms with E-state index < -0.39 is 10.1 Å². The van der Waals surface area contributed by atoms with Crippen LogP contribution in [0.3, 0.4) is 0 Å². The third-order valence-electron chi connectivity index (χ3n) is 5.52. The topological polar surface area (TPSA) is 72.9 Å². The van der Waals surface area contributed by atoms with E-state index in [1.165, 1.54) is 5.57 Å². The summed E-state index contributed by atoms with van der Waals surface area (Å²) in [6.45, 7) is 1.91. The second-order valence-electron chi connectivity index (χ2n) is 7.06. The molecule has 7 heteroatoms. The minimum atomic E-state index is -3.56. The number of hydrogen-bond acceptors (Lipinski definition) is 5. The van der Waals surface area contributed by atoms with Crippen molar-refractivity contribution >= 4 is 21.7 Å². The summed E-state index contributed by atoms with van der Waals surface area (Å²) in [5, 5.41) is 0. The Hall–Kier alpha value is -2.28. The lowest BCUT2D eigenvalue weighted by Crippen LogP contribution is -2.61. The van der Waals surface area contributed by atoms with Crippen LogP contribution < -0.4 is 9.64 Å². The maximum Gasteiger partial charge on any atom is 0.305 e. The zero-order valence-corrected chi connectivity index (χ0v) is 15.7. The molecule has 1 amide bonds. The fourth-order valence-corrected chi connectivity index (χ4v) is 4.95. The van der Waals surface area contributed by atoms with Crippen molar-refractivity contribution in [3.63, 3.8) is 0 Å². The van der Waals surface area contributed by atoms with E-state index in [2.05, 4.69) is 0 Å². The van der Waals surface area contributed by atoms with Crippen molar-refractivity contribution < 1.29 is 22.1 Å². The molecule has 1 saturated carbocycles. The fraction of sp³-hybridized carbons (Fsp3) is 0.421. The van der Waals surface area contributed by atoms with Crippen LogP contribution in [0.25, 0.3) is 0 Å². The van der Waals surface area contributed by atoms with E-state index in [0.29, 0.717) is 12.2 Å². The molecule has 0 bridgehead atoms. The molecule has 1 aromatic rings. The summed E-state index contributed by atoms with van der Waals surface area (Å²) in [6, 6.07) is 7.45. The van der Waals surface area contributed by atoms with Crippen LogP contribution in [0.15, 0.2) is 47.2 Å². The van der Waals surface area contributed by atoms with Gasteiger partial charge in [-0.3, -0.25) is 4.79 Å². The van der Waals surface area contributed by atoms with E-state index in [1.807, 2.05) is 42.2 Å². The molecule has 3 unspecified atom stereocenters. The quantitative estimate of drug-likeness (QED) is 0.460. The van der Waals surface area contributed by atoms with E-state index in [0.717, 1.165) is 29.7 Å². The molecule has 1 aliphatic heterocycles. The van der Waals surface area contributed by atoms with E-state index in [4.69, 9.17) is 8.92 Å². The molecule has 3 atom stereocenters. The number of carbonyl (C=O) groups excluding carboxylic acids is 1. The number of benzene rings is 1. The van der Waals surface area contributed by atoms with E-state index >= 15 is 0 Å². The third-order valence-corrected chi connectivity index (χ3v) is 6.02. The Labute approximate surface area is 153 Å². The number of hydrogen-bond donors (Lipinski definition) is 0. The summed E-state index contributed by atoms with van der Waals surface area (Å²) in [7, 11) is -1.96. The Morgan fingerprint density at radius 2 is 1.88 bits per heavy atom. The Balaban J connectivity index is 1.67. The zero-order valence-electron chi connectivity index (χ0n) is 14.9. The van der Waals surface area contributed by atoms with Crippen LogP contribution in [0.1, 0.15) is 19.8 Å². The molecule has 1 saturated heterocycles. The molecule has 138 valence electrons. The molecule has 1 heterocycles. The van der Waals surface area contributed by atoms with Crippen LogP contribution in [0.5, 0.6) is 5.75 Å². The van der Waals surface area contributed by atoms with Gasteiger partial charge in [-0.25, -0.2) is 0 Å². The van der Waals surface area contributed by atoms with Crippen LogP contribution in [0, 0.1) is 11.8 Å². The van der Waals surface area contributed by atoms with Gasteiger partial charge in [0.2, 0.25) is 5.91 Å². The second-order valence-corrected chi connectivity index (χ2v) is 8.64. The van der Waals surface area contributed by atoms with Gasteiger partial charge in [0.05, 0.1) is 25.3 Å². The first-order chi connectivity index (χ1) is 12.3. The predicted molar refractivity (Wildman–Crippen MR) is 97.2 cm³/mol. The summed E-state index contributed by atoms with van der Waals surface area (Å²) in [5.74, 6) is 1.32. The Bertz CT molecular complexity index is 929. The summed E-state index contributed by atoms with van der Waals surface area (Å²) < 4.78 is 33.5. The maximum atomic E-state index is 12.7. The molecule has 0 spiro atoms. The molecular weight excluding hydrogens is 354 g/mol. The molecule has 6 nitrogen and oxygen atoms in total. The first-order valence-electron chi connectivity index (χ1n) is 8.55. The van der Waals surface area contributed by atoms with Gasteiger partial charge in [0.15, 0.2) is 0 Å².